The number of rotatable bonds is 8. The molecule has 0 heterocycles. The lowest BCUT2D eigenvalue weighted by molar-refractivity contribution is 0.0745. The Morgan fingerprint density at radius 2 is 2.00 bits per heavy atom. The van der Waals surface area contributed by atoms with Crippen molar-refractivity contribution in [2.45, 2.75) is 24.5 Å². The van der Waals surface area contributed by atoms with E-state index in [1.54, 1.807) is 24.3 Å². The molecule has 0 aliphatic heterocycles. The lowest BCUT2D eigenvalue weighted by Gasteiger charge is -2.36. The molecule has 2 aromatic carbocycles. The van der Waals surface area contributed by atoms with E-state index in [2.05, 4.69) is 11.9 Å². The van der Waals surface area contributed by atoms with Gasteiger partial charge < -0.3 is 19.9 Å². The Hall–Kier alpha value is -2.50. The SMILES string of the molecule is C=C[C@@](CCc1ccccc1)(NC(=O)OC)C(O)c1ccc(Cl)c(OC)c1. The molecule has 0 aromatic heterocycles. The first kappa shape index (κ1) is 20.8. The second-order valence-electron chi connectivity index (χ2n) is 6.14. The summed E-state index contributed by atoms with van der Waals surface area (Å²) in [5.41, 5.74) is 0.485. The minimum atomic E-state index is -1.14. The maximum atomic E-state index is 12.0. The Morgan fingerprint density at radius 1 is 1.30 bits per heavy atom. The molecular weight excluding hydrogens is 366 g/mol. The van der Waals surface area contributed by atoms with Crippen molar-refractivity contribution in [3.05, 3.63) is 77.3 Å². The number of carbonyl (C=O) groups is 1. The standard InChI is InChI=1S/C21H24ClNO4/c1-4-21(23-20(25)27-3,13-12-15-8-6-5-7-9-15)19(24)16-10-11-17(22)18(14-16)26-2/h4-11,14,19,24H,1,12-13H2,2-3H3,(H,23,25)/t19?,21-/m0/s1. The van der Waals surface area contributed by atoms with E-state index in [-0.39, 0.29) is 0 Å². The topological polar surface area (TPSA) is 67.8 Å². The summed E-state index contributed by atoms with van der Waals surface area (Å²) in [5.74, 6) is 0.437. The van der Waals surface area contributed by atoms with Crippen molar-refractivity contribution in [1.82, 2.24) is 5.32 Å². The van der Waals surface area contributed by atoms with Crippen LogP contribution in [0, 0.1) is 0 Å². The summed E-state index contributed by atoms with van der Waals surface area (Å²) in [5, 5.41) is 14.3. The molecule has 0 radical (unpaired) electrons. The Labute approximate surface area is 164 Å². The third-order valence-electron chi connectivity index (χ3n) is 4.53. The van der Waals surface area contributed by atoms with E-state index in [1.807, 2.05) is 30.3 Å². The highest BCUT2D eigenvalue weighted by molar-refractivity contribution is 6.32. The maximum Gasteiger partial charge on any atom is 0.407 e. The van der Waals surface area contributed by atoms with Crippen molar-refractivity contribution in [2.24, 2.45) is 0 Å². The van der Waals surface area contributed by atoms with Crippen LogP contribution in [0.4, 0.5) is 4.79 Å². The van der Waals surface area contributed by atoms with Gasteiger partial charge in [0.25, 0.3) is 0 Å². The largest absolute Gasteiger partial charge is 0.495 e. The fourth-order valence-electron chi connectivity index (χ4n) is 2.91. The van der Waals surface area contributed by atoms with Gasteiger partial charge in [0.1, 0.15) is 11.9 Å². The van der Waals surface area contributed by atoms with Crippen LogP contribution in [0.5, 0.6) is 5.75 Å². The van der Waals surface area contributed by atoms with Gasteiger partial charge in [0.15, 0.2) is 0 Å². The molecule has 5 nitrogen and oxygen atoms in total. The van der Waals surface area contributed by atoms with Crippen LogP contribution >= 0.6 is 11.6 Å². The number of ether oxygens (including phenoxy) is 2. The number of aliphatic hydroxyl groups excluding tert-OH is 1. The lowest BCUT2D eigenvalue weighted by Crippen LogP contribution is -2.51. The third kappa shape index (κ3) is 5.02. The summed E-state index contributed by atoms with van der Waals surface area (Å²) in [7, 11) is 2.78. The highest BCUT2D eigenvalue weighted by atomic mass is 35.5. The van der Waals surface area contributed by atoms with E-state index in [1.165, 1.54) is 14.2 Å². The minimum Gasteiger partial charge on any atom is -0.495 e. The van der Waals surface area contributed by atoms with E-state index in [4.69, 9.17) is 21.1 Å². The fraction of sp³-hybridized carbons (Fsp3) is 0.286. The fourth-order valence-corrected chi connectivity index (χ4v) is 3.11. The van der Waals surface area contributed by atoms with E-state index in [9.17, 15) is 9.90 Å². The van der Waals surface area contributed by atoms with Gasteiger partial charge in [-0.1, -0.05) is 54.1 Å². The molecular formula is C21H24ClNO4. The Balaban J connectivity index is 2.37. The molecule has 1 unspecified atom stereocenters. The molecule has 0 saturated carbocycles. The van der Waals surface area contributed by atoms with Crippen molar-refractivity contribution in [1.29, 1.82) is 0 Å². The van der Waals surface area contributed by atoms with Crippen LogP contribution in [0.15, 0.2) is 61.2 Å². The van der Waals surface area contributed by atoms with Gasteiger partial charge in [0, 0.05) is 0 Å². The molecule has 27 heavy (non-hydrogen) atoms. The predicted octanol–water partition coefficient (Wildman–Crippen LogP) is 4.30. The molecule has 1 amide bonds. The van der Waals surface area contributed by atoms with E-state index >= 15 is 0 Å². The lowest BCUT2D eigenvalue weighted by atomic mass is 9.82. The van der Waals surface area contributed by atoms with Gasteiger partial charge in [-0.05, 0) is 36.1 Å². The van der Waals surface area contributed by atoms with Gasteiger partial charge in [-0.25, -0.2) is 4.79 Å². The first-order valence-corrected chi connectivity index (χ1v) is 8.88. The predicted molar refractivity (Wildman–Crippen MR) is 106 cm³/mol. The molecule has 0 aliphatic carbocycles. The number of halogens is 1. The zero-order chi connectivity index (χ0) is 19.9. The first-order chi connectivity index (χ1) is 13.0. The normalized spacial score (nSPS) is 13.9. The summed E-state index contributed by atoms with van der Waals surface area (Å²) in [6, 6.07) is 14.8. The second-order valence-corrected chi connectivity index (χ2v) is 6.55. The molecule has 2 atom stereocenters. The van der Waals surface area contributed by atoms with Gasteiger partial charge in [-0.2, -0.15) is 0 Å². The maximum absolute atomic E-state index is 12.0. The van der Waals surface area contributed by atoms with E-state index in [0.29, 0.717) is 29.2 Å². The summed E-state index contributed by atoms with van der Waals surface area (Å²) in [6.07, 6.45) is 0.853. The van der Waals surface area contributed by atoms with Gasteiger partial charge >= 0.3 is 6.09 Å². The average Bonchev–Trinajstić information content (AvgIpc) is 2.71. The van der Waals surface area contributed by atoms with E-state index in [0.717, 1.165) is 5.56 Å². The number of alkyl carbamates (subject to hydrolysis) is 1. The number of aryl methyl sites for hydroxylation is 1. The van der Waals surface area contributed by atoms with Gasteiger partial charge in [-0.3, -0.25) is 0 Å². The van der Waals surface area contributed by atoms with Crippen LogP contribution in [0.1, 0.15) is 23.7 Å². The van der Waals surface area contributed by atoms with Gasteiger partial charge in [-0.15, -0.1) is 6.58 Å². The molecule has 0 fully saturated rings. The van der Waals surface area contributed by atoms with Crippen molar-refractivity contribution < 1.29 is 19.4 Å². The van der Waals surface area contributed by atoms with Gasteiger partial charge in [0.2, 0.25) is 0 Å². The van der Waals surface area contributed by atoms with Gasteiger partial charge in [0.05, 0.1) is 24.8 Å². The van der Waals surface area contributed by atoms with E-state index < -0.39 is 17.7 Å². The minimum absolute atomic E-state index is 0.418. The molecule has 2 rings (SSSR count). The Bertz CT molecular complexity index is 781. The zero-order valence-corrected chi connectivity index (χ0v) is 16.2. The highest BCUT2D eigenvalue weighted by Gasteiger charge is 2.38. The van der Waals surface area contributed by atoms with Crippen LogP contribution < -0.4 is 10.1 Å². The number of aliphatic hydroxyl groups is 1. The highest BCUT2D eigenvalue weighted by Crippen LogP contribution is 2.35. The Kier molecular flexibility index (Phi) is 7.28. The summed E-state index contributed by atoms with van der Waals surface area (Å²) >= 11 is 6.08. The van der Waals surface area contributed by atoms with Crippen molar-refractivity contribution in [2.75, 3.05) is 14.2 Å². The summed E-state index contributed by atoms with van der Waals surface area (Å²) < 4.78 is 9.99. The zero-order valence-electron chi connectivity index (χ0n) is 15.4. The number of hydrogen-bond acceptors (Lipinski definition) is 4. The van der Waals surface area contributed by atoms with Crippen molar-refractivity contribution in [3.63, 3.8) is 0 Å². The molecule has 0 saturated heterocycles. The Morgan fingerprint density at radius 3 is 2.59 bits per heavy atom. The van der Waals surface area contributed by atoms with Crippen LogP contribution in [0.2, 0.25) is 5.02 Å². The number of carbonyl (C=O) groups excluding carboxylic acids is 1. The molecule has 2 N–H and O–H groups in total. The second kappa shape index (κ2) is 9.44. The van der Waals surface area contributed by atoms with Crippen molar-refractivity contribution >= 4 is 17.7 Å². The number of amides is 1. The number of methoxy groups -OCH3 is 2. The molecule has 0 aliphatic rings. The summed E-state index contributed by atoms with van der Waals surface area (Å²) in [4.78, 5) is 12.0. The van der Waals surface area contributed by atoms with Crippen LogP contribution in [0.3, 0.4) is 0 Å². The smallest absolute Gasteiger partial charge is 0.407 e. The molecule has 144 valence electrons. The van der Waals surface area contributed by atoms with Crippen LogP contribution in [0.25, 0.3) is 0 Å². The average molecular weight is 390 g/mol. The monoisotopic (exact) mass is 389 g/mol. The molecule has 0 bridgehead atoms. The third-order valence-corrected chi connectivity index (χ3v) is 4.85. The molecule has 2 aromatic rings. The number of hydrogen-bond donors (Lipinski definition) is 2. The van der Waals surface area contributed by atoms with Crippen LogP contribution in [-0.2, 0) is 11.2 Å². The number of nitrogens with one attached hydrogen (secondary N) is 1. The molecule has 0 spiro atoms. The quantitative estimate of drug-likeness (QED) is 0.660. The number of benzene rings is 2. The first-order valence-electron chi connectivity index (χ1n) is 8.51. The van der Waals surface area contributed by atoms with Crippen molar-refractivity contribution in [3.8, 4) is 5.75 Å². The summed E-state index contributed by atoms with van der Waals surface area (Å²) in [6.45, 7) is 3.85. The molecule has 6 heteroatoms. The van der Waals surface area contributed by atoms with Crippen LogP contribution in [-0.4, -0.2) is 31.0 Å².